The number of nitro benzene ring substituents is 1. The number of benzene rings is 1. The lowest BCUT2D eigenvalue weighted by atomic mass is 10.1. The van der Waals surface area contributed by atoms with Crippen LogP contribution in [0.1, 0.15) is 12.5 Å². The quantitative estimate of drug-likeness (QED) is 0.567. The van der Waals surface area contributed by atoms with E-state index in [2.05, 4.69) is 0 Å². The number of methoxy groups -OCH3 is 1. The molecule has 8 nitrogen and oxygen atoms in total. The Balaban J connectivity index is 3.25. The number of aliphatic hydroxyl groups is 1. The summed E-state index contributed by atoms with van der Waals surface area (Å²) >= 11 is 0. The normalized spacial score (nSPS) is 11.7. The van der Waals surface area contributed by atoms with Crippen LogP contribution in [0.2, 0.25) is 0 Å². The zero-order valence-electron chi connectivity index (χ0n) is 10.5. The lowest BCUT2D eigenvalue weighted by molar-refractivity contribution is -0.386. The van der Waals surface area contributed by atoms with Gasteiger partial charge in [0.2, 0.25) is 0 Å². The summed E-state index contributed by atoms with van der Waals surface area (Å²) in [7, 11) is 1.34. The van der Waals surface area contributed by atoms with Crippen molar-refractivity contribution in [1.29, 1.82) is 0 Å². The number of hydrogen-bond donors (Lipinski definition) is 2. The standard InChI is InChI=1S/C11H14N2O6/c1-6(11(12)15)19-10-4-8(13(16)17)7(5-14)3-9(10)18-2/h3-4,6,14H,5H2,1-2H3,(H2,12,15). The Morgan fingerprint density at radius 2 is 2.16 bits per heavy atom. The minimum Gasteiger partial charge on any atom is -0.493 e. The van der Waals surface area contributed by atoms with Gasteiger partial charge in [-0.25, -0.2) is 0 Å². The number of carbonyl (C=O) groups is 1. The molecule has 1 amide bonds. The van der Waals surface area contributed by atoms with E-state index in [9.17, 15) is 14.9 Å². The lowest BCUT2D eigenvalue weighted by Crippen LogP contribution is -2.30. The van der Waals surface area contributed by atoms with Crippen LogP contribution in [0.4, 0.5) is 5.69 Å². The van der Waals surface area contributed by atoms with Crippen LogP contribution in [0.3, 0.4) is 0 Å². The number of amides is 1. The number of rotatable bonds is 6. The van der Waals surface area contributed by atoms with Crippen molar-refractivity contribution in [1.82, 2.24) is 0 Å². The highest BCUT2D eigenvalue weighted by atomic mass is 16.6. The lowest BCUT2D eigenvalue weighted by Gasteiger charge is -2.15. The summed E-state index contributed by atoms with van der Waals surface area (Å²) < 4.78 is 10.2. The van der Waals surface area contributed by atoms with Crippen molar-refractivity contribution in [3.8, 4) is 11.5 Å². The van der Waals surface area contributed by atoms with Crippen LogP contribution in [0.15, 0.2) is 12.1 Å². The van der Waals surface area contributed by atoms with Crippen LogP contribution >= 0.6 is 0 Å². The topological polar surface area (TPSA) is 125 Å². The fourth-order valence-electron chi connectivity index (χ4n) is 1.39. The van der Waals surface area contributed by atoms with Gasteiger partial charge in [0.05, 0.1) is 30.3 Å². The smallest absolute Gasteiger partial charge is 0.278 e. The van der Waals surface area contributed by atoms with Gasteiger partial charge in [0.1, 0.15) is 0 Å². The largest absolute Gasteiger partial charge is 0.493 e. The number of aliphatic hydroxyl groups excluding tert-OH is 1. The first-order chi connectivity index (χ1) is 8.90. The average molecular weight is 270 g/mol. The Morgan fingerprint density at radius 3 is 2.58 bits per heavy atom. The molecule has 1 unspecified atom stereocenters. The number of hydrogen-bond acceptors (Lipinski definition) is 6. The number of primary amides is 1. The van der Waals surface area contributed by atoms with Crippen LogP contribution < -0.4 is 15.2 Å². The highest BCUT2D eigenvalue weighted by Crippen LogP contribution is 2.35. The monoisotopic (exact) mass is 270 g/mol. The Bertz CT molecular complexity index is 502. The van der Waals surface area contributed by atoms with Crippen molar-refractivity contribution in [2.75, 3.05) is 7.11 Å². The van der Waals surface area contributed by atoms with Crippen molar-refractivity contribution >= 4 is 11.6 Å². The van der Waals surface area contributed by atoms with E-state index < -0.39 is 23.5 Å². The number of ether oxygens (including phenoxy) is 2. The predicted molar refractivity (Wildman–Crippen MR) is 64.9 cm³/mol. The summed E-state index contributed by atoms with van der Waals surface area (Å²) in [6.45, 7) is 0.895. The van der Waals surface area contributed by atoms with Crippen molar-refractivity contribution in [3.63, 3.8) is 0 Å². The third kappa shape index (κ3) is 3.32. The van der Waals surface area contributed by atoms with E-state index >= 15 is 0 Å². The second-order valence-corrected chi connectivity index (χ2v) is 3.71. The zero-order valence-corrected chi connectivity index (χ0v) is 10.5. The van der Waals surface area contributed by atoms with Gasteiger partial charge < -0.3 is 20.3 Å². The molecule has 0 fully saturated rings. The van der Waals surface area contributed by atoms with Crippen LogP contribution in [-0.2, 0) is 11.4 Å². The highest BCUT2D eigenvalue weighted by Gasteiger charge is 2.21. The van der Waals surface area contributed by atoms with Crippen LogP contribution in [0.5, 0.6) is 11.5 Å². The molecule has 1 aromatic rings. The van der Waals surface area contributed by atoms with E-state index in [-0.39, 0.29) is 22.7 Å². The van der Waals surface area contributed by atoms with Gasteiger partial charge in [-0.2, -0.15) is 0 Å². The maximum Gasteiger partial charge on any atom is 0.278 e. The van der Waals surface area contributed by atoms with Crippen molar-refractivity contribution in [2.24, 2.45) is 5.73 Å². The molecule has 0 bridgehead atoms. The third-order valence-electron chi connectivity index (χ3n) is 2.44. The molecule has 8 heteroatoms. The molecule has 1 rings (SSSR count). The molecular weight excluding hydrogens is 256 g/mol. The van der Waals surface area contributed by atoms with Gasteiger partial charge in [-0.1, -0.05) is 0 Å². The van der Waals surface area contributed by atoms with Gasteiger partial charge in [-0.3, -0.25) is 14.9 Å². The molecule has 1 atom stereocenters. The van der Waals surface area contributed by atoms with Gasteiger partial charge in [0.15, 0.2) is 17.6 Å². The first kappa shape index (κ1) is 14.7. The number of nitro groups is 1. The van der Waals surface area contributed by atoms with E-state index in [1.165, 1.54) is 20.1 Å². The average Bonchev–Trinajstić information content (AvgIpc) is 2.37. The Morgan fingerprint density at radius 1 is 1.53 bits per heavy atom. The number of nitrogens with two attached hydrogens (primary N) is 1. The van der Waals surface area contributed by atoms with Crippen LogP contribution in [0.25, 0.3) is 0 Å². The van der Waals surface area contributed by atoms with E-state index in [0.717, 1.165) is 6.07 Å². The molecule has 0 aromatic heterocycles. The van der Waals surface area contributed by atoms with Crippen LogP contribution in [0, 0.1) is 10.1 Å². The minimum atomic E-state index is -0.964. The molecule has 0 saturated heterocycles. The molecule has 19 heavy (non-hydrogen) atoms. The molecule has 0 spiro atoms. The van der Waals surface area contributed by atoms with Gasteiger partial charge in [-0.05, 0) is 13.0 Å². The molecule has 0 saturated carbocycles. The molecule has 0 aliphatic rings. The molecule has 1 aromatic carbocycles. The van der Waals surface area contributed by atoms with Gasteiger partial charge in [0, 0.05) is 0 Å². The second kappa shape index (κ2) is 6.01. The fraction of sp³-hybridized carbons (Fsp3) is 0.364. The maximum atomic E-state index is 10.9. The van der Waals surface area contributed by atoms with E-state index in [1.807, 2.05) is 0 Å². The predicted octanol–water partition coefficient (Wildman–Crippen LogP) is 0.348. The first-order valence-corrected chi connectivity index (χ1v) is 5.32. The number of carbonyl (C=O) groups excluding carboxylic acids is 1. The van der Waals surface area contributed by atoms with Gasteiger partial charge in [-0.15, -0.1) is 0 Å². The summed E-state index contributed by atoms with van der Waals surface area (Å²) in [6.07, 6.45) is -0.964. The summed E-state index contributed by atoms with van der Waals surface area (Å²) in [5.74, 6) is -0.531. The van der Waals surface area contributed by atoms with Crippen molar-refractivity contribution in [3.05, 3.63) is 27.8 Å². The second-order valence-electron chi connectivity index (χ2n) is 3.71. The Labute approximate surface area is 108 Å². The van der Waals surface area contributed by atoms with Crippen molar-refractivity contribution < 1.29 is 24.3 Å². The zero-order chi connectivity index (χ0) is 14.6. The van der Waals surface area contributed by atoms with Gasteiger partial charge in [0.25, 0.3) is 11.6 Å². The molecular formula is C11H14N2O6. The van der Waals surface area contributed by atoms with E-state index in [0.29, 0.717) is 0 Å². The summed E-state index contributed by atoms with van der Waals surface area (Å²) in [4.78, 5) is 21.1. The SMILES string of the molecule is COc1cc(CO)c([N+](=O)[O-])cc1OC(C)C(N)=O. The summed E-state index contributed by atoms with van der Waals surface area (Å²) in [5.41, 5.74) is 4.81. The Hall–Kier alpha value is -2.35. The summed E-state index contributed by atoms with van der Waals surface area (Å²) in [5, 5.41) is 19.9. The minimum absolute atomic E-state index is 0.0118. The van der Waals surface area contributed by atoms with Gasteiger partial charge >= 0.3 is 0 Å². The highest BCUT2D eigenvalue weighted by molar-refractivity contribution is 5.78. The Kier molecular flexibility index (Phi) is 4.65. The first-order valence-electron chi connectivity index (χ1n) is 5.32. The molecule has 0 aliphatic carbocycles. The fourth-order valence-corrected chi connectivity index (χ4v) is 1.39. The van der Waals surface area contributed by atoms with Crippen LogP contribution in [-0.4, -0.2) is 29.2 Å². The molecule has 0 heterocycles. The molecule has 104 valence electrons. The summed E-state index contributed by atoms with van der Waals surface area (Å²) in [6, 6.07) is 2.37. The van der Waals surface area contributed by atoms with Crippen molar-refractivity contribution in [2.45, 2.75) is 19.6 Å². The number of nitrogens with zero attached hydrogens (tertiary/aromatic N) is 1. The van der Waals surface area contributed by atoms with E-state index in [1.54, 1.807) is 0 Å². The maximum absolute atomic E-state index is 10.9. The molecule has 0 radical (unpaired) electrons. The third-order valence-corrected chi connectivity index (χ3v) is 2.44. The van der Waals surface area contributed by atoms with E-state index in [4.69, 9.17) is 20.3 Å². The molecule has 0 aliphatic heterocycles. The molecule has 3 N–H and O–H groups in total.